The van der Waals surface area contributed by atoms with Crippen LogP contribution in [0.4, 0.5) is 17.1 Å². The smallest absolute Gasteiger partial charge is 0.243 e. The van der Waals surface area contributed by atoms with Crippen molar-refractivity contribution in [3.8, 4) is 0 Å². The van der Waals surface area contributed by atoms with Gasteiger partial charge in [0.25, 0.3) is 0 Å². The Balaban J connectivity index is 1.70. The number of para-hydroxylation sites is 1. The highest BCUT2D eigenvalue weighted by molar-refractivity contribution is 6.30. The number of hydrogen-bond donors (Lipinski definition) is 2. The lowest BCUT2D eigenvalue weighted by Crippen LogP contribution is -2.32. The van der Waals surface area contributed by atoms with Crippen molar-refractivity contribution in [1.82, 2.24) is 0 Å². The standard InChI is InChI=1S/C16H16ClN3O/c17-12-4-2-5-13(9-12)19-15(21)10-20-8-7-11-3-1-6-14(18)16(11)20/h1-6,9H,7-8,10,18H2,(H,19,21). The van der Waals surface area contributed by atoms with Crippen molar-refractivity contribution >= 4 is 34.6 Å². The van der Waals surface area contributed by atoms with Crippen LogP contribution in [-0.4, -0.2) is 19.0 Å². The van der Waals surface area contributed by atoms with Crippen molar-refractivity contribution in [2.45, 2.75) is 6.42 Å². The first-order valence-electron chi connectivity index (χ1n) is 6.81. The van der Waals surface area contributed by atoms with Crippen LogP contribution in [-0.2, 0) is 11.2 Å². The van der Waals surface area contributed by atoms with Crippen LogP contribution in [0.3, 0.4) is 0 Å². The molecule has 5 heteroatoms. The highest BCUT2D eigenvalue weighted by atomic mass is 35.5. The van der Waals surface area contributed by atoms with E-state index in [0.29, 0.717) is 10.7 Å². The van der Waals surface area contributed by atoms with E-state index in [0.717, 1.165) is 24.3 Å². The molecular formula is C16H16ClN3O. The molecule has 0 atom stereocenters. The van der Waals surface area contributed by atoms with E-state index in [9.17, 15) is 4.79 Å². The molecule has 2 aromatic carbocycles. The summed E-state index contributed by atoms with van der Waals surface area (Å²) in [5, 5.41) is 3.45. The number of carbonyl (C=O) groups excluding carboxylic acids is 1. The Bertz CT molecular complexity index is 687. The topological polar surface area (TPSA) is 58.4 Å². The van der Waals surface area contributed by atoms with E-state index < -0.39 is 0 Å². The van der Waals surface area contributed by atoms with E-state index >= 15 is 0 Å². The van der Waals surface area contributed by atoms with Gasteiger partial charge in [0.05, 0.1) is 17.9 Å². The van der Waals surface area contributed by atoms with Crippen LogP contribution in [0, 0.1) is 0 Å². The van der Waals surface area contributed by atoms with Gasteiger partial charge in [-0.05, 0) is 36.2 Å². The molecule has 21 heavy (non-hydrogen) atoms. The number of rotatable bonds is 3. The molecule has 0 aromatic heterocycles. The third-order valence-corrected chi connectivity index (χ3v) is 3.80. The van der Waals surface area contributed by atoms with Gasteiger partial charge in [0.1, 0.15) is 0 Å². The molecule has 0 saturated heterocycles. The maximum atomic E-state index is 12.2. The zero-order valence-electron chi connectivity index (χ0n) is 11.5. The summed E-state index contributed by atoms with van der Waals surface area (Å²) in [6.45, 7) is 1.10. The van der Waals surface area contributed by atoms with Crippen molar-refractivity contribution in [2.24, 2.45) is 0 Å². The normalized spacial score (nSPS) is 13.1. The number of halogens is 1. The van der Waals surface area contributed by atoms with Crippen LogP contribution in [0.25, 0.3) is 0 Å². The third kappa shape index (κ3) is 2.95. The largest absolute Gasteiger partial charge is 0.397 e. The monoisotopic (exact) mass is 301 g/mol. The number of amides is 1. The van der Waals surface area contributed by atoms with Gasteiger partial charge in [-0.1, -0.05) is 29.8 Å². The molecule has 1 heterocycles. The summed E-state index contributed by atoms with van der Waals surface area (Å²) < 4.78 is 0. The predicted molar refractivity (Wildman–Crippen MR) is 86.9 cm³/mol. The molecule has 3 rings (SSSR count). The zero-order chi connectivity index (χ0) is 14.8. The van der Waals surface area contributed by atoms with Gasteiger partial charge in [-0.15, -0.1) is 0 Å². The van der Waals surface area contributed by atoms with Crippen LogP contribution >= 0.6 is 11.6 Å². The Labute approximate surface area is 128 Å². The Kier molecular flexibility index (Phi) is 3.71. The third-order valence-electron chi connectivity index (χ3n) is 3.56. The Morgan fingerprint density at radius 1 is 1.29 bits per heavy atom. The quantitative estimate of drug-likeness (QED) is 0.857. The van der Waals surface area contributed by atoms with Gasteiger partial charge in [-0.2, -0.15) is 0 Å². The van der Waals surface area contributed by atoms with Crippen LogP contribution in [0.2, 0.25) is 5.02 Å². The Morgan fingerprint density at radius 3 is 2.90 bits per heavy atom. The minimum Gasteiger partial charge on any atom is -0.397 e. The van der Waals surface area contributed by atoms with Crippen LogP contribution in [0.1, 0.15) is 5.56 Å². The maximum absolute atomic E-state index is 12.2. The maximum Gasteiger partial charge on any atom is 0.243 e. The highest BCUT2D eigenvalue weighted by Crippen LogP contribution is 2.33. The van der Waals surface area contributed by atoms with E-state index in [1.54, 1.807) is 18.2 Å². The summed E-state index contributed by atoms with van der Waals surface area (Å²) >= 11 is 5.91. The molecule has 1 amide bonds. The minimum atomic E-state index is -0.0756. The summed E-state index contributed by atoms with van der Waals surface area (Å²) in [5.74, 6) is -0.0756. The molecule has 0 bridgehead atoms. The Hall–Kier alpha value is -2.20. The number of nitrogens with zero attached hydrogens (tertiary/aromatic N) is 1. The average molecular weight is 302 g/mol. The molecule has 0 spiro atoms. The van der Waals surface area contributed by atoms with Gasteiger partial charge in [0.15, 0.2) is 0 Å². The van der Waals surface area contributed by atoms with Gasteiger partial charge >= 0.3 is 0 Å². The summed E-state index contributed by atoms with van der Waals surface area (Å²) in [6.07, 6.45) is 0.921. The summed E-state index contributed by atoms with van der Waals surface area (Å²) in [7, 11) is 0. The molecule has 1 aliphatic rings. The van der Waals surface area contributed by atoms with E-state index in [1.165, 1.54) is 5.56 Å². The minimum absolute atomic E-state index is 0.0756. The summed E-state index contributed by atoms with van der Waals surface area (Å²) in [4.78, 5) is 14.2. The molecule has 0 radical (unpaired) electrons. The van der Waals surface area contributed by atoms with Gasteiger partial charge in [-0.25, -0.2) is 0 Å². The molecular weight excluding hydrogens is 286 g/mol. The number of anilines is 3. The number of nitrogen functional groups attached to an aromatic ring is 1. The number of carbonyl (C=O) groups is 1. The Morgan fingerprint density at radius 2 is 2.10 bits per heavy atom. The molecule has 0 unspecified atom stereocenters. The van der Waals surface area contributed by atoms with E-state index in [1.807, 2.05) is 23.1 Å². The van der Waals surface area contributed by atoms with Crippen LogP contribution in [0.15, 0.2) is 42.5 Å². The van der Waals surface area contributed by atoms with E-state index in [4.69, 9.17) is 17.3 Å². The van der Waals surface area contributed by atoms with Crippen molar-refractivity contribution in [2.75, 3.05) is 29.0 Å². The second kappa shape index (κ2) is 5.66. The number of benzene rings is 2. The number of fused-ring (bicyclic) bond motifs is 1. The van der Waals surface area contributed by atoms with Gasteiger partial charge in [0, 0.05) is 17.3 Å². The first kappa shape index (κ1) is 13.8. The molecule has 0 saturated carbocycles. The molecule has 0 fully saturated rings. The zero-order valence-corrected chi connectivity index (χ0v) is 12.2. The van der Waals surface area contributed by atoms with Gasteiger partial charge < -0.3 is 16.0 Å². The van der Waals surface area contributed by atoms with Gasteiger partial charge in [-0.3, -0.25) is 4.79 Å². The fourth-order valence-electron chi connectivity index (χ4n) is 2.66. The predicted octanol–water partition coefficient (Wildman–Crippen LogP) is 2.92. The van der Waals surface area contributed by atoms with Crippen LogP contribution < -0.4 is 16.0 Å². The van der Waals surface area contributed by atoms with Crippen LogP contribution in [0.5, 0.6) is 0 Å². The lowest BCUT2D eigenvalue weighted by molar-refractivity contribution is -0.114. The lowest BCUT2D eigenvalue weighted by atomic mass is 10.1. The van der Waals surface area contributed by atoms with Crippen molar-refractivity contribution in [3.05, 3.63) is 53.1 Å². The van der Waals surface area contributed by atoms with Crippen molar-refractivity contribution in [1.29, 1.82) is 0 Å². The summed E-state index contributed by atoms with van der Waals surface area (Å²) in [6, 6.07) is 13.0. The number of hydrogen-bond acceptors (Lipinski definition) is 3. The van der Waals surface area contributed by atoms with Crippen molar-refractivity contribution in [3.63, 3.8) is 0 Å². The van der Waals surface area contributed by atoms with E-state index in [-0.39, 0.29) is 12.5 Å². The fourth-order valence-corrected chi connectivity index (χ4v) is 2.85. The fraction of sp³-hybridized carbons (Fsp3) is 0.188. The molecule has 0 aliphatic carbocycles. The summed E-state index contributed by atoms with van der Waals surface area (Å²) in [5.41, 5.74) is 9.63. The molecule has 4 nitrogen and oxygen atoms in total. The molecule has 3 N–H and O–H groups in total. The number of nitrogens with two attached hydrogens (primary N) is 1. The average Bonchev–Trinajstić information content (AvgIpc) is 2.83. The second-order valence-electron chi connectivity index (χ2n) is 5.09. The lowest BCUT2D eigenvalue weighted by Gasteiger charge is -2.20. The molecule has 1 aliphatic heterocycles. The van der Waals surface area contributed by atoms with Crippen molar-refractivity contribution < 1.29 is 4.79 Å². The molecule has 108 valence electrons. The first-order chi connectivity index (χ1) is 10.1. The SMILES string of the molecule is Nc1cccc2c1N(CC(=O)Nc1cccc(Cl)c1)CC2. The highest BCUT2D eigenvalue weighted by Gasteiger charge is 2.23. The van der Waals surface area contributed by atoms with E-state index in [2.05, 4.69) is 11.4 Å². The second-order valence-corrected chi connectivity index (χ2v) is 5.52. The first-order valence-corrected chi connectivity index (χ1v) is 7.19. The van der Waals surface area contributed by atoms with Gasteiger partial charge in [0.2, 0.25) is 5.91 Å². The number of nitrogens with one attached hydrogen (secondary N) is 1. The molecule has 2 aromatic rings.